The largest absolute Gasteiger partial charge is 0.356 e. The standard InChI is InChI=1S/C19H26N4/c1-14-7-6-10-23(13-14)18-11-16(3)21-19(22-18)20-12-17-9-5-4-8-15(17)2/h4-5,8-9,11,14H,6-7,10,12-13H2,1-3H3,(H,20,21,22). The maximum atomic E-state index is 4.74. The molecule has 23 heavy (non-hydrogen) atoms. The second-order valence-electron chi connectivity index (χ2n) is 6.66. The quantitative estimate of drug-likeness (QED) is 0.928. The van der Waals surface area contributed by atoms with Crippen molar-refractivity contribution in [3.8, 4) is 0 Å². The second-order valence-corrected chi connectivity index (χ2v) is 6.66. The first-order chi connectivity index (χ1) is 11.1. The molecule has 0 aliphatic carbocycles. The molecule has 1 saturated heterocycles. The van der Waals surface area contributed by atoms with Crippen molar-refractivity contribution in [1.29, 1.82) is 0 Å². The van der Waals surface area contributed by atoms with E-state index < -0.39 is 0 Å². The molecule has 3 rings (SSSR count). The molecule has 1 aromatic carbocycles. The first-order valence-electron chi connectivity index (χ1n) is 8.51. The Labute approximate surface area is 139 Å². The Morgan fingerprint density at radius 3 is 2.83 bits per heavy atom. The summed E-state index contributed by atoms with van der Waals surface area (Å²) in [4.78, 5) is 11.7. The van der Waals surface area contributed by atoms with Crippen LogP contribution in [0.2, 0.25) is 0 Å². The molecule has 2 heterocycles. The molecule has 1 aliphatic rings. The fourth-order valence-corrected chi connectivity index (χ4v) is 3.17. The van der Waals surface area contributed by atoms with E-state index >= 15 is 0 Å². The minimum absolute atomic E-state index is 0.724. The van der Waals surface area contributed by atoms with Crippen LogP contribution in [0.15, 0.2) is 30.3 Å². The normalized spacial score (nSPS) is 18.0. The molecule has 1 unspecified atom stereocenters. The van der Waals surface area contributed by atoms with E-state index in [-0.39, 0.29) is 0 Å². The number of piperidine rings is 1. The van der Waals surface area contributed by atoms with Crippen molar-refractivity contribution < 1.29 is 0 Å². The molecule has 0 spiro atoms. The van der Waals surface area contributed by atoms with Gasteiger partial charge in [-0.2, -0.15) is 4.98 Å². The predicted molar refractivity (Wildman–Crippen MR) is 95.9 cm³/mol. The maximum absolute atomic E-state index is 4.74. The summed E-state index contributed by atoms with van der Waals surface area (Å²) < 4.78 is 0. The van der Waals surface area contributed by atoms with Gasteiger partial charge in [0.15, 0.2) is 0 Å². The molecule has 2 aromatic rings. The van der Waals surface area contributed by atoms with Gasteiger partial charge in [-0.05, 0) is 43.7 Å². The van der Waals surface area contributed by atoms with Gasteiger partial charge in [0.1, 0.15) is 5.82 Å². The number of rotatable bonds is 4. The molecule has 0 radical (unpaired) electrons. The summed E-state index contributed by atoms with van der Waals surface area (Å²) in [5, 5.41) is 3.38. The Balaban J connectivity index is 1.74. The third kappa shape index (κ3) is 4.01. The van der Waals surface area contributed by atoms with E-state index in [1.807, 2.05) is 6.92 Å². The van der Waals surface area contributed by atoms with E-state index in [0.29, 0.717) is 0 Å². The van der Waals surface area contributed by atoms with Crippen LogP contribution in [0, 0.1) is 19.8 Å². The Morgan fingerprint density at radius 2 is 2.04 bits per heavy atom. The zero-order chi connectivity index (χ0) is 16.2. The van der Waals surface area contributed by atoms with E-state index in [2.05, 4.69) is 59.4 Å². The molecule has 0 bridgehead atoms. The van der Waals surface area contributed by atoms with Crippen LogP contribution in [0.3, 0.4) is 0 Å². The lowest BCUT2D eigenvalue weighted by atomic mass is 10.0. The summed E-state index contributed by atoms with van der Waals surface area (Å²) in [6.07, 6.45) is 2.56. The summed E-state index contributed by atoms with van der Waals surface area (Å²) in [6.45, 7) is 9.43. The number of hydrogen-bond acceptors (Lipinski definition) is 4. The van der Waals surface area contributed by atoms with Crippen molar-refractivity contribution in [3.05, 3.63) is 47.2 Å². The molecule has 1 N–H and O–H groups in total. The first kappa shape index (κ1) is 15.8. The zero-order valence-corrected chi connectivity index (χ0v) is 14.3. The number of aryl methyl sites for hydroxylation is 2. The van der Waals surface area contributed by atoms with Crippen LogP contribution < -0.4 is 10.2 Å². The molecule has 0 saturated carbocycles. The number of benzene rings is 1. The highest BCUT2D eigenvalue weighted by Crippen LogP contribution is 2.23. The minimum atomic E-state index is 0.724. The van der Waals surface area contributed by atoms with Gasteiger partial charge in [-0.15, -0.1) is 0 Å². The van der Waals surface area contributed by atoms with E-state index in [9.17, 15) is 0 Å². The third-order valence-electron chi connectivity index (χ3n) is 4.52. The second kappa shape index (κ2) is 6.99. The lowest BCUT2D eigenvalue weighted by Crippen LogP contribution is -2.35. The van der Waals surface area contributed by atoms with Gasteiger partial charge in [0.2, 0.25) is 5.95 Å². The Bertz CT molecular complexity index is 668. The van der Waals surface area contributed by atoms with Crippen LogP contribution in [0.4, 0.5) is 11.8 Å². The number of aromatic nitrogens is 2. The Hall–Kier alpha value is -2.10. The van der Waals surface area contributed by atoms with Gasteiger partial charge in [0, 0.05) is 31.4 Å². The lowest BCUT2D eigenvalue weighted by Gasteiger charge is -2.32. The predicted octanol–water partition coefficient (Wildman–Crippen LogP) is 3.94. The molecule has 1 aliphatic heterocycles. The summed E-state index contributed by atoms with van der Waals surface area (Å²) in [5.41, 5.74) is 3.59. The molecule has 4 nitrogen and oxygen atoms in total. The smallest absolute Gasteiger partial charge is 0.225 e. The molecule has 4 heteroatoms. The number of anilines is 2. The van der Waals surface area contributed by atoms with Gasteiger partial charge in [-0.25, -0.2) is 4.98 Å². The highest BCUT2D eigenvalue weighted by Gasteiger charge is 2.18. The number of nitrogens with one attached hydrogen (secondary N) is 1. The van der Waals surface area contributed by atoms with E-state index in [1.165, 1.54) is 24.0 Å². The zero-order valence-electron chi connectivity index (χ0n) is 14.3. The monoisotopic (exact) mass is 310 g/mol. The van der Waals surface area contributed by atoms with Crippen molar-refractivity contribution in [3.63, 3.8) is 0 Å². The van der Waals surface area contributed by atoms with Crippen molar-refractivity contribution in [2.24, 2.45) is 5.92 Å². The van der Waals surface area contributed by atoms with Crippen LogP contribution in [0.5, 0.6) is 0 Å². The summed E-state index contributed by atoms with van der Waals surface area (Å²) in [6, 6.07) is 10.5. The lowest BCUT2D eigenvalue weighted by molar-refractivity contribution is 0.444. The van der Waals surface area contributed by atoms with Crippen molar-refractivity contribution in [2.45, 2.75) is 40.2 Å². The maximum Gasteiger partial charge on any atom is 0.225 e. The summed E-state index contributed by atoms with van der Waals surface area (Å²) >= 11 is 0. The van der Waals surface area contributed by atoms with Crippen LogP contribution in [0.1, 0.15) is 36.6 Å². The summed E-state index contributed by atoms with van der Waals surface area (Å²) in [5.74, 6) is 2.51. The number of nitrogens with zero attached hydrogens (tertiary/aromatic N) is 3. The van der Waals surface area contributed by atoms with E-state index in [4.69, 9.17) is 4.98 Å². The van der Waals surface area contributed by atoms with Crippen molar-refractivity contribution >= 4 is 11.8 Å². The molecule has 1 aromatic heterocycles. The Kier molecular flexibility index (Phi) is 4.79. The molecule has 0 amide bonds. The SMILES string of the molecule is Cc1cc(N2CCCC(C)C2)nc(NCc2ccccc2C)n1. The molecule has 122 valence electrons. The van der Waals surface area contributed by atoms with Crippen LogP contribution in [-0.4, -0.2) is 23.1 Å². The topological polar surface area (TPSA) is 41.1 Å². The molecular formula is C19H26N4. The van der Waals surface area contributed by atoms with Gasteiger partial charge in [0.05, 0.1) is 0 Å². The number of hydrogen-bond donors (Lipinski definition) is 1. The van der Waals surface area contributed by atoms with Gasteiger partial charge >= 0.3 is 0 Å². The van der Waals surface area contributed by atoms with Gasteiger partial charge in [0.25, 0.3) is 0 Å². The first-order valence-corrected chi connectivity index (χ1v) is 8.51. The Morgan fingerprint density at radius 1 is 1.22 bits per heavy atom. The van der Waals surface area contributed by atoms with Gasteiger partial charge < -0.3 is 10.2 Å². The van der Waals surface area contributed by atoms with E-state index in [1.54, 1.807) is 0 Å². The average Bonchev–Trinajstić information content (AvgIpc) is 2.54. The van der Waals surface area contributed by atoms with Crippen LogP contribution >= 0.6 is 0 Å². The minimum Gasteiger partial charge on any atom is -0.356 e. The molecule has 1 atom stereocenters. The van der Waals surface area contributed by atoms with Crippen molar-refractivity contribution in [2.75, 3.05) is 23.3 Å². The van der Waals surface area contributed by atoms with Crippen molar-refractivity contribution in [1.82, 2.24) is 9.97 Å². The molecular weight excluding hydrogens is 284 g/mol. The fourth-order valence-electron chi connectivity index (χ4n) is 3.17. The average molecular weight is 310 g/mol. The van der Waals surface area contributed by atoms with Crippen LogP contribution in [-0.2, 0) is 6.54 Å². The van der Waals surface area contributed by atoms with Crippen LogP contribution in [0.25, 0.3) is 0 Å². The fraction of sp³-hybridized carbons (Fsp3) is 0.474. The molecule has 1 fully saturated rings. The highest BCUT2D eigenvalue weighted by molar-refractivity contribution is 5.45. The third-order valence-corrected chi connectivity index (χ3v) is 4.52. The van der Waals surface area contributed by atoms with Gasteiger partial charge in [-0.3, -0.25) is 0 Å². The summed E-state index contributed by atoms with van der Waals surface area (Å²) in [7, 11) is 0. The van der Waals surface area contributed by atoms with E-state index in [0.717, 1.165) is 43.0 Å². The highest BCUT2D eigenvalue weighted by atomic mass is 15.2. The van der Waals surface area contributed by atoms with Gasteiger partial charge in [-0.1, -0.05) is 31.2 Å².